The van der Waals surface area contributed by atoms with E-state index in [0.29, 0.717) is 13.0 Å². The van der Waals surface area contributed by atoms with E-state index in [1.807, 2.05) is 0 Å². The van der Waals surface area contributed by atoms with Crippen LogP contribution in [0.4, 0.5) is 0 Å². The van der Waals surface area contributed by atoms with Gasteiger partial charge in [0, 0.05) is 12.6 Å². The van der Waals surface area contributed by atoms with Gasteiger partial charge in [-0.05, 0) is 6.42 Å². The van der Waals surface area contributed by atoms with Crippen molar-refractivity contribution in [2.75, 3.05) is 13.2 Å². The molecule has 0 aliphatic heterocycles. The maximum atomic E-state index is 9.28. The Morgan fingerprint density at radius 2 is 2.00 bits per heavy atom. The van der Waals surface area contributed by atoms with Crippen molar-refractivity contribution in [1.29, 1.82) is 0 Å². The molecule has 3 nitrogen and oxygen atoms in total. The van der Waals surface area contributed by atoms with E-state index in [4.69, 9.17) is 5.11 Å². The first-order valence-corrected chi connectivity index (χ1v) is 4.00. The van der Waals surface area contributed by atoms with Gasteiger partial charge in [0.05, 0.1) is 12.7 Å². The van der Waals surface area contributed by atoms with Gasteiger partial charge in [0.15, 0.2) is 0 Å². The van der Waals surface area contributed by atoms with Crippen molar-refractivity contribution in [2.45, 2.75) is 18.6 Å². The van der Waals surface area contributed by atoms with Crippen LogP contribution in [0.15, 0.2) is 25.3 Å². The molecule has 0 spiro atoms. The fourth-order valence-electron chi connectivity index (χ4n) is 0.918. The molecular weight excluding hydrogens is 154 g/mol. The lowest BCUT2D eigenvalue weighted by molar-refractivity contribution is 0.0647. The van der Waals surface area contributed by atoms with Gasteiger partial charge in [0.25, 0.3) is 0 Å². The zero-order chi connectivity index (χ0) is 9.40. The Labute approximate surface area is 73.4 Å². The molecule has 3 N–H and O–H groups in total. The molecule has 0 aromatic carbocycles. The van der Waals surface area contributed by atoms with Gasteiger partial charge >= 0.3 is 0 Å². The minimum atomic E-state index is -0.733. The Morgan fingerprint density at radius 3 is 2.42 bits per heavy atom. The molecule has 0 bridgehead atoms. The van der Waals surface area contributed by atoms with Crippen LogP contribution in [0.3, 0.4) is 0 Å². The third-order valence-electron chi connectivity index (χ3n) is 1.60. The molecule has 2 atom stereocenters. The first-order valence-electron chi connectivity index (χ1n) is 4.00. The molecule has 0 unspecified atom stereocenters. The first-order chi connectivity index (χ1) is 5.76. The fourth-order valence-corrected chi connectivity index (χ4v) is 0.918. The Hall–Kier alpha value is -0.640. The van der Waals surface area contributed by atoms with Crippen molar-refractivity contribution >= 4 is 0 Å². The number of hydrogen-bond acceptors (Lipinski definition) is 3. The lowest BCUT2D eigenvalue weighted by Crippen LogP contribution is -2.41. The third kappa shape index (κ3) is 4.28. The number of rotatable bonds is 7. The van der Waals surface area contributed by atoms with Crippen molar-refractivity contribution in [3.05, 3.63) is 25.3 Å². The van der Waals surface area contributed by atoms with Gasteiger partial charge in [-0.25, -0.2) is 0 Å². The van der Waals surface area contributed by atoms with Gasteiger partial charge < -0.3 is 15.5 Å². The smallest absolute Gasteiger partial charge is 0.0926 e. The summed E-state index contributed by atoms with van der Waals surface area (Å²) in [6.07, 6.45) is 3.32. The average Bonchev–Trinajstić information content (AvgIpc) is 2.11. The van der Waals surface area contributed by atoms with Crippen molar-refractivity contribution in [1.82, 2.24) is 5.32 Å². The maximum Gasteiger partial charge on any atom is 0.0926 e. The largest absolute Gasteiger partial charge is 0.394 e. The summed E-state index contributed by atoms with van der Waals surface area (Å²) in [5, 5.41) is 21.0. The summed E-state index contributed by atoms with van der Waals surface area (Å²) in [5.41, 5.74) is 0. The second-order valence-corrected chi connectivity index (χ2v) is 2.58. The summed E-state index contributed by atoms with van der Waals surface area (Å²) in [6.45, 7) is 7.50. The monoisotopic (exact) mass is 171 g/mol. The number of aliphatic hydroxyl groups excluding tert-OH is 2. The molecule has 70 valence electrons. The average molecular weight is 171 g/mol. The number of hydrogen-bond donors (Lipinski definition) is 3. The molecule has 0 aromatic heterocycles. The van der Waals surface area contributed by atoms with Crippen LogP contribution in [0.5, 0.6) is 0 Å². The van der Waals surface area contributed by atoms with E-state index >= 15 is 0 Å². The first kappa shape index (κ1) is 11.4. The molecule has 0 rings (SSSR count). The van der Waals surface area contributed by atoms with E-state index in [1.165, 1.54) is 0 Å². The van der Waals surface area contributed by atoms with Gasteiger partial charge in [-0.2, -0.15) is 0 Å². The zero-order valence-corrected chi connectivity index (χ0v) is 7.24. The Bertz CT molecular complexity index is 136. The second kappa shape index (κ2) is 7.03. The van der Waals surface area contributed by atoms with Crippen LogP contribution in [0, 0.1) is 0 Å². The summed E-state index contributed by atoms with van der Waals surface area (Å²) in [7, 11) is 0. The Morgan fingerprint density at radius 1 is 1.33 bits per heavy atom. The van der Waals surface area contributed by atoms with Crippen molar-refractivity contribution < 1.29 is 10.2 Å². The van der Waals surface area contributed by atoms with E-state index < -0.39 is 6.10 Å². The minimum Gasteiger partial charge on any atom is -0.394 e. The summed E-state index contributed by atoms with van der Waals surface area (Å²) in [5.74, 6) is 0. The molecule has 0 radical (unpaired) electrons. The third-order valence-corrected chi connectivity index (χ3v) is 1.60. The summed E-state index contributed by atoms with van der Waals surface area (Å²) in [6, 6.07) is -0.134. The Balaban J connectivity index is 3.83. The van der Waals surface area contributed by atoms with Crippen LogP contribution in [-0.4, -0.2) is 35.5 Å². The van der Waals surface area contributed by atoms with Crippen molar-refractivity contribution in [3.63, 3.8) is 0 Å². The van der Waals surface area contributed by atoms with Gasteiger partial charge in [-0.3, -0.25) is 0 Å². The minimum absolute atomic E-state index is 0.134. The lowest BCUT2D eigenvalue weighted by Gasteiger charge is -2.20. The van der Waals surface area contributed by atoms with E-state index in [-0.39, 0.29) is 12.6 Å². The van der Waals surface area contributed by atoms with Crippen LogP contribution < -0.4 is 5.32 Å². The predicted molar refractivity (Wildman–Crippen MR) is 49.9 cm³/mol. The normalized spacial score (nSPS) is 15.2. The summed E-state index contributed by atoms with van der Waals surface area (Å²) < 4.78 is 0. The van der Waals surface area contributed by atoms with Gasteiger partial charge in [0.1, 0.15) is 0 Å². The van der Waals surface area contributed by atoms with E-state index in [2.05, 4.69) is 18.5 Å². The zero-order valence-electron chi connectivity index (χ0n) is 7.24. The molecule has 12 heavy (non-hydrogen) atoms. The second-order valence-electron chi connectivity index (χ2n) is 2.58. The molecule has 0 fully saturated rings. The predicted octanol–water partition coefficient (Wildman–Crippen LogP) is 0.0599. The highest BCUT2D eigenvalue weighted by atomic mass is 16.3. The van der Waals surface area contributed by atoms with E-state index in [9.17, 15) is 5.11 Å². The fraction of sp³-hybridized carbons (Fsp3) is 0.556. The highest BCUT2D eigenvalue weighted by Crippen LogP contribution is 1.99. The van der Waals surface area contributed by atoms with Gasteiger partial charge in [0.2, 0.25) is 0 Å². The SMILES string of the molecule is C=CCN[C@@H](CC=C)[C@H](O)CO. The van der Waals surface area contributed by atoms with Crippen LogP contribution in [0.1, 0.15) is 6.42 Å². The quantitative estimate of drug-likeness (QED) is 0.475. The summed E-state index contributed by atoms with van der Waals surface area (Å²) >= 11 is 0. The molecule has 0 heterocycles. The van der Waals surface area contributed by atoms with E-state index in [1.54, 1.807) is 12.2 Å². The Kier molecular flexibility index (Phi) is 6.66. The van der Waals surface area contributed by atoms with Gasteiger partial charge in [-0.15, -0.1) is 13.2 Å². The van der Waals surface area contributed by atoms with Crippen LogP contribution in [0.25, 0.3) is 0 Å². The standard InChI is InChI=1S/C9H17NO2/c1-3-5-8(9(12)7-11)10-6-4-2/h3-4,8-12H,1-2,5-7H2/t8-,9+/m0/s1. The van der Waals surface area contributed by atoms with Crippen LogP contribution in [-0.2, 0) is 0 Å². The molecule has 0 saturated carbocycles. The van der Waals surface area contributed by atoms with E-state index in [0.717, 1.165) is 0 Å². The van der Waals surface area contributed by atoms with Gasteiger partial charge in [-0.1, -0.05) is 12.2 Å². The molecule has 0 saturated heterocycles. The maximum absolute atomic E-state index is 9.28. The summed E-state index contributed by atoms with van der Waals surface area (Å²) in [4.78, 5) is 0. The number of aliphatic hydroxyl groups is 2. The van der Waals surface area contributed by atoms with Crippen molar-refractivity contribution in [2.24, 2.45) is 0 Å². The van der Waals surface area contributed by atoms with Crippen LogP contribution in [0.2, 0.25) is 0 Å². The topological polar surface area (TPSA) is 52.5 Å². The lowest BCUT2D eigenvalue weighted by atomic mass is 10.1. The van der Waals surface area contributed by atoms with Crippen molar-refractivity contribution in [3.8, 4) is 0 Å². The molecule has 0 aliphatic rings. The van der Waals surface area contributed by atoms with Crippen LogP contribution >= 0.6 is 0 Å². The number of nitrogens with one attached hydrogen (secondary N) is 1. The molecule has 0 amide bonds. The molecule has 3 heteroatoms. The highest BCUT2D eigenvalue weighted by Gasteiger charge is 2.14. The molecule has 0 aromatic rings. The molecular formula is C9H17NO2. The highest BCUT2D eigenvalue weighted by molar-refractivity contribution is 4.85. The molecule has 0 aliphatic carbocycles.